The van der Waals surface area contributed by atoms with Crippen molar-refractivity contribution >= 4 is 23.9 Å². The number of carboxylic acid groups (broad SMARTS) is 1. The van der Waals surface area contributed by atoms with E-state index in [1.807, 2.05) is 0 Å². The Bertz CT molecular complexity index is 1740. The van der Waals surface area contributed by atoms with Gasteiger partial charge in [0.25, 0.3) is 0 Å². The van der Waals surface area contributed by atoms with Crippen molar-refractivity contribution < 1.29 is 58.2 Å². The summed E-state index contributed by atoms with van der Waals surface area (Å²) in [5.74, 6) is -3.21. The van der Waals surface area contributed by atoms with Crippen LogP contribution in [0, 0.1) is 0 Å². The Balaban J connectivity index is 2.71. The molecular weight excluding hydrogens is 997 g/mol. The van der Waals surface area contributed by atoms with E-state index in [4.69, 9.17) is 23.7 Å². The lowest BCUT2D eigenvalue weighted by atomic mass is 9.98. The van der Waals surface area contributed by atoms with Crippen molar-refractivity contribution in [3.8, 4) is 0 Å². The van der Waals surface area contributed by atoms with Crippen LogP contribution in [0.15, 0.2) is 97.2 Å². The van der Waals surface area contributed by atoms with Crippen LogP contribution in [0.2, 0.25) is 0 Å². The molecule has 12 nitrogen and oxygen atoms in total. The van der Waals surface area contributed by atoms with Crippen LogP contribution < -0.4 is 0 Å². The number of carboxylic acids is 1. The summed E-state index contributed by atoms with van der Waals surface area (Å²) in [7, 11) is 0. The Hall–Kier alpha value is -4.36. The third-order valence-corrected chi connectivity index (χ3v) is 13.6. The Morgan fingerprint density at radius 1 is 0.430 bits per heavy atom. The second kappa shape index (κ2) is 54.2. The molecule has 0 aromatic carbocycles. The normalized spacial score (nSPS) is 18.5. The van der Waals surface area contributed by atoms with Crippen molar-refractivity contribution in [2.75, 3.05) is 13.2 Å². The van der Waals surface area contributed by atoms with E-state index in [0.717, 1.165) is 128 Å². The number of rotatable bonds is 52. The number of unbranched alkanes of at least 4 members (excludes halogenated alkanes) is 22. The third kappa shape index (κ3) is 44.0. The van der Waals surface area contributed by atoms with Gasteiger partial charge >= 0.3 is 23.9 Å². The molecule has 1 aliphatic heterocycles. The second-order valence-corrected chi connectivity index (χ2v) is 20.9. The van der Waals surface area contributed by atoms with Crippen LogP contribution in [0.5, 0.6) is 0 Å². The zero-order chi connectivity index (χ0) is 57.5. The van der Waals surface area contributed by atoms with Crippen molar-refractivity contribution in [3.63, 3.8) is 0 Å². The first-order chi connectivity index (χ1) is 38.6. The first-order valence-corrected chi connectivity index (χ1v) is 31.2. The molecule has 450 valence electrons. The van der Waals surface area contributed by atoms with E-state index in [0.29, 0.717) is 19.3 Å². The molecule has 0 amide bonds. The quantitative estimate of drug-likeness (QED) is 0.0228. The summed E-state index contributed by atoms with van der Waals surface area (Å²) in [6, 6.07) is 0. The van der Waals surface area contributed by atoms with Gasteiger partial charge in [-0.3, -0.25) is 14.4 Å². The van der Waals surface area contributed by atoms with E-state index >= 15 is 0 Å². The van der Waals surface area contributed by atoms with E-state index in [9.17, 15) is 34.5 Å². The smallest absolute Gasteiger partial charge is 0.335 e. The number of esters is 3. The number of ether oxygens (including phenoxy) is 5. The molecule has 1 aliphatic rings. The van der Waals surface area contributed by atoms with E-state index in [1.54, 1.807) is 0 Å². The Labute approximate surface area is 479 Å². The highest BCUT2D eigenvalue weighted by Gasteiger charge is 2.50. The zero-order valence-electron chi connectivity index (χ0n) is 49.6. The van der Waals surface area contributed by atoms with Gasteiger partial charge in [0.2, 0.25) is 0 Å². The molecule has 0 radical (unpaired) electrons. The van der Waals surface area contributed by atoms with E-state index in [-0.39, 0.29) is 25.9 Å². The maximum atomic E-state index is 13.2. The van der Waals surface area contributed by atoms with Gasteiger partial charge < -0.3 is 39.0 Å². The van der Waals surface area contributed by atoms with Gasteiger partial charge in [-0.2, -0.15) is 0 Å². The van der Waals surface area contributed by atoms with Gasteiger partial charge in [0.05, 0.1) is 6.61 Å². The minimum atomic E-state index is -1.92. The predicted molar refractivity (Wildman–Crippen MR) is 321 cm³/mol. The van der Waals surface area contributed by atoms with Crippen LogP contribution in [0.3, 0.4) is 0 Å². The summed E-state index contributed by atoms with van der Waals surface area (Å²) in [6.45, 7) is 5.80. The molecule has 0 saturated carbocycles. The van der Waals surface area contributed by atoms with Crippen LogP contribution in [0.1, 0.15) is 252 Å². The summed E-state index contributed by atoms with van der Waals surface area (Å²) in [4.78, 5) is 51.2. The average Bonchev–Trinajstić information content (AvgIpc) is 3.46. The van der Waals surface area contributed by atoms with Crippen LogP contribution in [-0.2, 0) is 42.9 Å². The molecule has 12 heteroatoms. The monoisotopic (exact) mass is 1110 g/mol. The van der Waals surface area contributed by atoms with Crippen LogP contribution >= 0.6 is 0 Å². The van der Waals surface area contributed by atoms with Gasteiger partial charge in [-0.1, -0.05) is 208 Å². The van der Waals surface area contributed by atoms with Gasteiger partial charge in [-0.05, 0) is 122 Å². The SMILES string of the molecule is CC/C=C\C/C=C\C/C=C\C/C=C\CCCCC(=O)OC(COC(=O)CCCCCCCC/C=C\C/C=C\C/C=C\CCCCC)COC1OC(C(=O)O)C(O)C(O)C1OC(=O)CCCCCCC/C=C\CCCCCCCC. The molecule has 6 atom stereocenters. The first kappa shape index (κ1) is 72.7. The second-order valence-electron chi connectivity index (χ2n) is 20.9. The number of allylic oxidation sites excluding steroid dienone is 16. The molecule has 1 fully saturated rings. The zero-order valence-corrected chi connectivity index (χ0v) is 49.6. The summed E-state index contributed by atoms with van der Waals surface area (Å²) in [5.41, 5.74) is 0. The van der Waals surface area contributed by atoms with Crippen molar-refractivity contribution in [2.24, 2.45) is 0 Å². The molecule has 0 aliphatic carbocycles. The molecule has 1 rings (SSSR count). The fourth-order valence-corrected chi connectivity index (χ4v) is 8.83. The molecule has 79 heavy (non-hydrogen) atoms. The van der Waals surface area contributed by atoms with Crippen molar-refractivity contribution in [2.45, 2.75) is 289 Å². The summed E-state index contributed by atoms with van der Waals surface area (Å²) < 4.78 is 28.4. The Morgan fingerprint density at radius 3 is 1.28 bits per heavy atom. The summed E-state index contributed by atoms with van der Waals surface area (Å²) >= 11 is 0. The highest BCUT2D eigenvalue weighted by Crippen LogP contribution is 2.26. The number of hydrogen-bond acceptors (Lipinski definition) is 11. The van der Waals surface area contributed by atoms with Crippen LogP contribution in [0.4, 0.5) is 0 Å². The number of carbonyl (C=O) groups excluding carboxylic acids is 3. The molecule has 1 heterocycles. The predicted octanol–water partition coefficient (Wildman–Crippen LogP) is 16.5. The van der Waals surface area contributed by atoms with E-state index < -0.39 is 67.3 Å². The van der Waals surface area contributed by atoms with E-state index in [1.165, 1.54) is 64.2 Å². The highest BCUT2D eigenvalue weighted by molar-refractivity contribution is 5.74. The Morgan fingerprint density at radius 2 is 0.797 bits per heavy atom. The summed E-state index contributed by atoms with van der Waals surface area (Å²) in [5, 5.41) is 31.5. The topological polar surface area (TPSA) is 175 Å². The third-order valence-electron chi connectivity index (χ3n) is 13.6. The standard InChI is InChI=1S/C67H110O12/c1-4-7-10-13-16-19-22-25-28-29-30-31-34-35-38-41-44-47-50-53-59(68)75-56-58(77-60(69)54-51-48-45-42-39-36-32-26-23-20-17-14-11-8-5-2)57-76-67-65(63(72)62(71)64(79-67)66(73)74)78-61(70)55-52-49-46-43-40-37-33-27-24-21-18-15-12-9-6-3/h8,11,16-17,19-20,25-28,30-33,39,42,58,62-65,67,71-72H,4-7,9-10,12-15,18,21-24,29,34-38,40-41,43-57H2,1-3H3,(H,73,74)/b11-8-,19-16-,20-17-,28-25-,31-30-,32-26-,33-27-,42-39-. The minimum Gasteiger partial charge on any atom is -0.479 e. The van der Waals surface area contributed by atoms with Crippen LogP contribution in [-0.4, -0.2) is 89.2 Å². The van der Waals surface area contributed by atoms with Gasteiger partial charge in [-0.25, -0.2) is 4.79 Å². The van der Waals surface area contributed by atoms with Crippen molar-refractivity contribution in [1.29, 1.82) is 0 Å². The van der Waals surface area contributed by atoms with Gasteiger partial charge in [0, 0.05) is 19.3 Å². The molecule has 0 aromatic heterocycles. The number of aliphatic carboxylic acids is 1. The lowest BCUT2D eigenvalue weighted by Crippen LogP contribution is -2.61. The molecule has 0 aromatic rings. The fourth-order valence-electron chi connectivity index (χ4n) is 8.83. The highest BCUT2D eigenvalue weighted by atomic mass is 16.7. The largest absolute Gasteiger partial charge is 0.479 e. The van der Waals surface area contributed by atoms with Crippen molar-refractivity contribution in [3.05, 3.63) is 97.2 Å². The summed E-state index contributed by atoms with van der Waals surface area (Å²) in [6.07, 6.45) is 59.4. The molecule has 3 N–H and O–H groups in total. The molecule has 0 spiro atoms. The fraction of sp³-hybridized carbons (Fsp3) is 0.701. The van der Waals surface area contributed by atoms with Gasteiger partial charge in [-0.15, -0.1) is 0 Å². The molecule has 0 bridgehead atoms. The van der Waals surface area contributed by atoms with E-state index in [2.05, 4.69) is 118 Å². The first-order valence-electron chi connectivity index (χ1n) is 31.2. The van der Waals surface area contributed by atoms with Crippen LogP contribution in [0.25, 0.3) is 0 Å². The molecule has 6 unspecified atom stereocenters. The average molecular weight is 1110 g/mol. The number of aliphatic hydroxyl groups excluding tert-OH is 2. The maximum Gasteiger partial charge on any atom is 0.335 e. The maximum absolute atomic E-state index is 13.2. The lowest BCUT2D eigenvalue weighted by molar-refractivity contribution is -0.301. The number of hydrogen-bond donors (Lipinski definition) is 3. The minimum absolute atomic E-state index is 0.0405. The van der Waals surface area contributed by atoms with Gasteiger partial charge in [0.15, 0.2) is 24.6 Å². The number of aliphatic hydroxyl groups is 2. The number of carbonyl (C=O) groups is 4. The van der Waals surface area contributed by atoms with Crippen molar-refractivity contribution in [1.82, 2.24) is 0 Å². The Kier molecular flexibility index (Phi) is 49.9. The molecule has 1 saturated heterocycles. The van der Waals surface area contributed by atoms with Gasteiger partial charge in [0.1, 0.15) is 18.8 Å². The lowest BCUT2D eigenvalue weighted by Gasteiger charge is -2.40. The molecular formula is C67H110O12.